The van der Waals surface area contributed by atoms with Crippen LogP contribution in [-0.2, 0) is 6.61 Å². The number of halogens is 2. The lowest BCUT2D eigenvalue weighted by molar-refractivity contribution is 0.306. The van der Waals surface area contributed by atoms with Crippen molar-refractivity contribution in [3.05, 3.63) is 92.8 Å². The summed E-state index contributed by atoms with van der Waals surface area (Å²) in [4.78, 5) is 13.0. The van der Waals surface area contributed by atoms with Gasteiger partial charge in [0.1, 0.15) is 30.0 Å². The fourth-order valence-corrected chi connectivity index (χ4v) is 3.51. The van der Waals surface area contributed by atoms with Crippen LogP contribution in [0.25, 0.3) is 22.1 Å². The first-order valence-corrected chi connectivity index (χ1v) is 9.58. The summed E-state index contributed by atoms with van der Waals surface area (Å²) in [6.07, 6.45) is 1.45. The molecule has 1 heterocycles. The average molecular weight is 427 g/mol. The molecule has 0 aliphatic carbocycles. The number of para-hydroxylation sites is 1. The summed E-state index contributed by atoms with van der Waals surface area (Å²) in [5.74, 6) is 1.18. The first-order valence-electron chi connectivity index (χ1n) is 8.82. The van der Waals surface area contributed by atoms with E-state index in [2.05, 4.69) is 0 Å². The van der Waals surface area contributed by atoms with Crippen LogP contribution in [0.1, 0.15) is 5.56 Å². The Labute approximate surface area is 177 Å². The first kappa shape index (κ1) is 19.4. The minimum absolute atomic E-state index is 0.136. The molecule has 0 saturated heterocycles. The Balaban J connectivity index is 1.65. The molecule has 0 saturated carbocycles. The number of methoxy groups -OCH3 is 1. The van der Waals surface area contributed by atoms with Crippen molar-refractivity contribution in [1.29, 1.82) is 0 Å². The standard InChI is InChI=1S/C23H16Cl2O4/c1-27-21-5-3-2-4-17(21)19-13-29-22-11-16(8-9-18(22)23(19)26)28-12-14-6-7-15(24)10-20(14)25/h2-11,13H,12H2,1H3. The maximum Gasteiger partial charge on any atom is 0.200 e. The highest BCUT2D eigenvalue weighted by Crippen LogP contribution is 2.30. The molecule has 0 N–H and O–H groups in total. The zero-order chi connectivity index (χ0) is 20.4. The summed E-state index contributed by atoms with van der Waals surface area (Å²) < 4.78 is 16.9. The van der Waals surface area contributed by atoms with E-state index >= 15 is 0 Å². The molecule has 4 rings (SSSR count). The first-order chi connectivity index (χ1) is 14.1. The summed E-state index contributed by atoms with van der Waals surface area (Å²) >= 11 is 12.1. The second-order valence-corrected chi connectivity index (χ2v) is 7.20. The van der Waals surface area contributed by atoms with Gasteiger partial charge in [0.15, 0.2) is 0 Å². The van der Waals surface area contributed by atoms with Crippen LogP contribution in [0.5, 0.6) is 11.5 Å². The quantitative estimate of drug-likeness (QED) is 0.372. The molecular weight excluding hydrogens is 411 g/mol. The van der Waals surface area contributed by atoms with Gasteiger partial charge in [0, 0.05) is 27.2 Å². The number of rotatable bonds is 5. The Morgan fingerprint density at radius 1 is 0.966 bits per heavy atom. The van der Waals surface area contributed by atoms with Crippen molar-refractivity contribution in [3.8, 4) is 22.6 Å². The van der Waals surface area contributed by atoms with Crippen LogP contribution in [0, 0.1) is 0 Å². The van der Waals surface area contributed by atoms with Gasteiger partial charge in [-0.25, -0.2) is 0 Å². The van der Waals surface area contributed by atoms with E-state index in [0.717, 1.165) is 5.56 Å². The molecule has 146 valence electrons. The predicted molar refractivity (Wildman–Crippen MR) is 115 cm³/mol. The second kappa shape index (κ2) is 8.19. The van der Waals surface area contributed by atoms with Crippen LogP contribution in [0.2, 0.25) is 10.0 Å². The molecule has 0 fully saturated rings. The third kappa shape index (κ3) is 3.95. The minimum Gasteiger partial charge on any atom is -0.496 e. The zero-order valence-electron chi connectivity index (χ0n) is 15.4. The second-order valence-electron chi connectivity index (χ2n) is 6.36. The van der Waals surface area contributed by atoms with Crippen LogP contribution in [-0.4, -0.2) is 7.11 Å². The molecule has 4 aromatic rings. The van der Waals surface area contributed by atoms with E-state index in [1.807, 2.05) is 24.3 Å². The van der Waals surface area contributed by atoms with Crippen molar-refractivity contribution in [2.45, 2.75) is 6.61 Å². The molecule has 0 aliphatic heterocycles. The van der Waals surface area contributed by atoms with Gasteiger partial charge < -0.3 is 13.9 Å². The molecule has 0 radical (unpaired) electrons. The average Bonchev–Trinajstić information content (AvgIpc) is 2.73. The molecule has 29 heavy (non-hydrogen) atoms. The van der Waals surface area contributed by atoms with Gasteiger partial charge in [-0.3, -0.25) is 4.79 Å². The van der Waals surface area contributed by atoms with Crippen molar-refractivity contribution in [2.75, 3.05) is 7.11 Å². The third-order valence-electron chi connectivity index (χ3n) is 4.55. The SMILES string of the molecule is COc1ccccc1-c1coc2cc(OCc3ccc(Cl)cc3Cl)ccc2c1=O. The van der Waals surface area contributed by atoms with E-state index in [9.17, 15) is 4.79 Å². The van der Waals surface area contributed by atoms with Crippen LogP contribution in [0.3, 0.4) is 0 Å². The highest BCUT2D eigenvalue weighted by Gasteiger charge is 2.13. The molecule has 4 nitrogen and oxygen atoms in total. The van der Waals surface area contributed by atoms with E-state index < -0.39 is 0 Å². The molecule has 0 bridgehead atoms. The molecule has 0 spiro atoms. The van der Waals surface area contributed by atoms with Crippen molar-refractivity contribution >= 4 is 34.2 Å². The van der Waals surface area contributed by atoms with Crippen molar-refractivity contribution in [3.63, 3.8) is 0 Å². The maximum atomic E-state index is 13.0. The molecule has 3 aromatic carbocycles. The van der Waals surface area contributed by atoms with Crippen LogP contribution in [0.4, 0.5) is 0 Å². The van der Waals surface area contributed by atoms with E-state index in [4.69, 9.17) is 37.1 Å². The summed E-state index contributed by atoms with van der Waals surface area (Å²) in [5, 5.41) is 1.56. The minimum atomic E-state index is -0.136. The summed E-state index contributed by atoms with van der Waals surface area (Å²) in [7, 11) is 1.57. The topological polar surface area (TPSA) is 48.7 Å². The van der Waals surface area contributed by atoms with Gasteiger partial charge in [0.25, 0.3) is 0 Å². The highest BCUT2D eigenvalue weighted by atomic mass is 35.5. The smallest absolute Gasteiger partial charge is 0.200 e. The molecule has 1 aromatic heterocycles. The van der Waals surface area contributed by atoms with Gasteiger partial charge in [0.05, 0.1) is 18.1 Å². The Bertz CT molecular complexity index is 1250. The predicted octanol–water partition coefficient (Wildman–Crippen LogP) is 6.35. The fraction of sp³-hybridized carbons (Fsp3) is 0.0870. The van der Waals surface area contributed by atoms with E-state index in [-0.39, 0.29) is 12.0 Å². The Kier molecular flexibility index (Phi) is 5.47. The molecular formula is C23H16Cl2O4. The highest BCUT2D eigenvalue weighted by molar-refractivity contribution is 6.35. The van der Waals surface area contributed by atoms with Gasteiger partial charge in [-0.15, -0.1) is 0 Å². The van der Waals surface area contributed by atoms with Gasteiger partial charge in [-0.2, -0.15) is 0 Å². The van der Waals surface area contributed by atoms with Crippen molar-refractivity contribution in [1.82, 2.24) is 0 Å². The Hall–Kier alpha value is -2.95. The number of fused-ring (bicyclic) bond motifs is 1. The van der Waals surface area contributed by atoms with Crippen molar-refractivity contribution < 1.29 is 13.9 Å². The fourth-order valence-electron chi connectivity index (χ4n) is 3.05. The molecule has 0 atom stereocenters. The maximum absolute atomic E-state index is 13.0. The van der Waals surface area contributed by atoms with Crippen molar-refractivity contribution in [2.24, 2.45) is 0 Å². The lowest BCUT2D eigenvalue weighted by Gasteiger charge is -2.10. The van der Waals surface area contributed by atoms with Crippen LogP contribution < -0.4 is 14.9 Å². The normalized spacial score (nSPS) is 10.9. The van der Waals surface area contributed by atoms with Gasteiger partial charge in [-0.1, -0.05) is 47.5 Å². The van der Waals surface area contributed by atoms with E-state index in [1.165, 1.54) is 6.26 Å². The van der Waals surface area contributed by atoms with Crippen LogP contribution in [0.15, 0.2) is 76.1 Å². The molecule has 6 heteroatoms. The largest absolute Gasteiger partial charge is 0.496 e. The number of hydrogen-bond acceptors (Lipinski definition) is 4. The molecule has 0 unspecified atom stereocenters. The number of benzene rings is 3. The Morgan fingerprint density at radius 2 is 1.79 bits per heavy atom. The van der Waals surface area contributed by atoms with Gasteiger partial charge >= 0.3 is 0 Å². The monoisotopic (exact) mass is 426 g/mol. The Morgan fingerprint density at radius 3 is 2.59 bits per heavy atom. The molecule has 0 amide bonds. The van der Waals surface area contributed by atoms with Crippen LogP contribution >= 0.6 is 23.2 Å². The molecule has 0 aliphatic rings. The van der Waals surface area contributed by atoms with E-state index in [1.54, 1.807) is 43.5 Å². The summed E-state index contributed by atoms with van der Waals surface area (Å²) in [6.45, 7) is 0.269. The lowest BCUT2D eigenvalue weighted by Crippen LogP contribution is -2.06. The zero-order valence-corrected chi connectivity index (χ0v) is 17.0. The summed E-state index contributed by atoms with van der Waals surface area (Å²) in [6, 6.07) is 17.7. The van der Waals surface area contributed by atoms with Gasteiger partial charge in [0.2, 0.25) is 5.43 Å². The van der Waals surface area contributed by atoms with E-state index in [0.29, 0.717) is 43.6 Å². The number of hydrogen-bond donors (Lipinski definition) is 0. The van der Waals surface area contributed by atoms with Gasteiger partial charge in [-0.05, 0) is 30.3 Å². The summed E-state index contributed by atoms with van der Waals surface area (Å²) in [5.41, 5.74) is 2.24. The number of ether oxygens (including phenoxy) is 2. The third-order valence-corrected chi connectivity index (χ3v) is 5.14. The lowest BCUT2D eigenvalue weighted by atomic mass is 10.0.